The molecule has 1 N–H and O–H groups in total. The van der Waals surface area contributed by atoms with Crippen LogP contribution in [0, 0.1) is 11.6 Å². The molecule has 3 heterocycles. The molecule has 3 saturated heterocycles. The molecule has 0 aliphatic carbocycles. The van der Waals surface area contributed by atoms with E-state index in [2.05, 4.69) is 10.2 Å². The third kappa shape index (κ3) is 3.24. The number of halogens is 2. The number of benzene rings is 2. The first-order valence-corrected chi connectivity index (χ1v) is 10.3. The normalized spacial score (nSPS) is 26.3. The van der Waals surface area contributed by atoms with Crippen molar-refractivity contribution < 1.29 is 18.4 Å². The standard InChI is InChI=1S/C22H23F2N5O2/c1-26-19-18(20(30)29(22(26)31)13-14-5-2-3-6-17(14)24)28-12-4-11-27(21(28)25-19)16-9-7-15(23)8-10-16/h2-3,5-10,18-19,21,25H,4,11-13H2,1H3. The summed E-state index contributed by atoms with van der Waals surface area (Å²) in [5, 5.41) is 3.41. The highest BCUT2D eigenvalue weighted by atomic mass is 19.1. The fourth-order valence-corrected chi connectivity index (χ4v) is 4.76. The van der Waals surface area contributed by atoms with Gasteiger partial charge in [0.1, 0.15) is 30.1 Å². The Kier molecular flexibility index (Phi) is 4.86. The third-order valence-corrected chi connectivity index (χ3v) is 6.31. The van der Waals surface area contributed by atoms with E-state index in [1.54, 1.807) is 37.4 Å². The Morgan fingerprint density at radius 2 is 1.77 bits per heavy atom. The van der Waals surface area contributed by atoms with E-state index >= 15 is 0 Å². The quantitative estimate of drug-likeness (QED) is 0.814. The summed E-state index contributed by atoms with van der Waals surface area (Å²) >= 11 is 0. The third-order valence-electron chi connectivity index (χ3n) is 6.31. The fraction of sp³-hybridized carbons (Fsp3) is 0.364. The zero-order valence-corrected chi connectivity index (χ0v) is 17.0. The molecule has 31 heavy (non-hydrogen) atoms. The number of amides is 3. The monoisotopic (exact) mass is 427 g/mol. The topological polar surface area (TPSA) is 59.1 Å². The number of carbonyl (C=O) groups excluding carboxylic acids is 2. The molecule has 3 unspecified atom stereocenters. The molecular formula is C22H23F2N5O2. The second-order valence-electron chi connectivity index (χ2n) is 8.10. The number of rotatable bonds is 3. The van der Waals surface area contributed by atoms with Gasteiger partial charge >= 0.3 is 6.03 Å². The predicted octanol–water partition coefficient (Wildman–Crippen LogP) is 2.15. The van der Waals surface area contributed by atoms with Crippen molar-refractivity contribution in [2.24, 2.45) is 0 Å². The van der Waals surface area contributed by atoms with Crippen LogP contribution in [0.3, 0.4) is 0 Å². The van der Waals surface area contributed by atoms with E-state index in [0.717, 1.165) is 23.6 Å². The minimum Gasteiger partial charge on any atom is -0.343 e. The van der Waals surface area contributed by atoms with Crippen LogP contribution in [0.2, 0.25) is 0 Å². The van der Waals surface area contributed by atoms with E-state index in [1.165, 1.54) is 23.1 Å². The molecule has 0 bridgehead atoms. The van der Waals surface area contributed by atoms with Crippen molar-refractivity contribution in [1.29, 1.82) is 0 Å². The molecule has 9 heteroatoms. The predicted molar refractivity (Wildman–Crippen MR) is 110 cm³/mol. The molecule has 3 atom stereocenters. The molecule has 162 valence electrons. The van der Waals surface area contributed by atoms with Crippen molar-refractivity contribution in [1.82, 2.24) is 20.0 Å². The van der Waals surface area contributed by atoms with Crippen LogP contribution in [0.4, 0.5) is 19.3 Å². The van der Waals surface area contributed by atoms with Crippen LogP contribution in [-0.4, -0.2) is 65.3 Å². The number of likely N-dealkylation sites (N-methyl/N-ethyl adjacent to an activating group) is 1. The van der Waals surface area contributed by atoms with Gasteiger partial charge in [0.15, 0.2) is 0 Å². The number of imide groups is 1. The molecule has 0 aromatic heterocycles. The Balaban J connectivity index is 1.44. The van der Waals surface area contributed by atoms with E-state index in [4.69, 9.17) is 0 Å². The highest BCUT2D eigenvalue weighted by Gasteiger charge is 2.56. The Labute approximate surface area is 178 Å². The molecule has 0 spiro atoms. The zero-order valence-electron chi connectivity index (χ0n) is 17.0. The Morgan fingerprint density at radius 3 is 2.52 bits per heavy atom. The number of fused-ring (bicyclic) bond motifs is 3. The van der Waals surface area contributed by atoms with Crippen molar-refractivity contribution in [3.05, 3.63) is 65.7 Å². The smallest absolute Gasteiger partial charge is 0.328 e. The van der Waals surface area contributed by atoms with Gasteiger partial charge in [-0.3, -0.25) is 19.9 Å². The van der Waals surface area contributed by atoms with Crippen LogP contribution in [0.15, 0.2) is 48.5 Å². The molecule has 2 aromatic carbocycles. The summed E-state index contributed by atoms with van der Waals surface area (Å²) in [6, 6.07) is 11.4. The van der Waals surface area contributed by atoms with E-state index < -0.39 is 24.1 Å². The second kappa shape index (κ2) is 7.58. The average Bonchev–Trinajstić information content (AvgIpc) is 3.17. The molecule has 3 aliphatic heterocycles. The van der Waals surface area contributed by atoms with Gasteiger partial charge in [0.25, 0.3) is 5.91 Å². The lowest BCUT2D eigenvalue weighted by Gasteiger charge is -2.43. The minimum atomic E-state index is -0.581. The number of nitrogens with zero attached hydrogens (tertiary/aromatic N) is 4. The van der Waals surface area contributed by atoms with Crippen LogP contribution in [0.5, 0.6) is 0 Å². The lowest BCUT2D eigenvalue weighted by Crippen LogP contribution is -2.66. The van der Waals surface area contributed by atoms with Crippen LogP contribution in [0.25, 0.3) is 0 Å². The van der Waals surface area contributed by atoms with Crippen LogP contribution < -0.4 is 10.2 Å². The van der Waals surface area contributed by atoms with Crippen LogP contribution >= 0.6 is 0 Å². The van der Waals surface area contributed by atoms with Gasteiger partial charge in [-0.2, -0.15) is 0 Å². The maximum absolute atomic E-state index is 14.2. The van der Waals surface area contributed by atoms with Crippen molar-refractivity contribution in [2.75, 3.05) is 25.0 Å². The summed E-state index contributed by atoms with van der Waals surface area (Å²) in [7, 11) is 1.65. The highest BCUT2D eigenvalue weighted by molar-refractivity contribution is 6.00. The van der Waals surface area contributed by atoms with Gasteiger partial charge in [0.2, 0.25) is 0 Å². The molecular weight excluding hydrogens is 404 g/mol. The first kappa shape index (κ1) is 19.9. The van der Waals surface area contributed by atoms with E-state index in [1.807, 2.05) is 4.90 Å². The Morgan fingerprint density at radius 1 is 1.03 bits per heavy atom. The van der Waals surface area contributed by atoms with E-state index in [0.29, 0.717) is 12.1 Å². The number of anilines is 1. The van der Waals surface area contributed by atoms with Gasteiger partial charge in [-0.15, -0.1) is 0 Å². The van der Waals surface area contributed by atoms with Crippen molar-refractivity contribution in [3.8, 4) is 0 Å². The molecule has 3 fully saturated rings. The fourth-order valence-electron chi connectivity index (χ4n) is 4.76. The zero-order chi connectivity index (χ0) is 21.7. The van der Waals surface area contributed by atoms with Crippen molar-refractivity contribution in [2.45, 2.75) is 31.5 Å². The van der Waals surface area contributed by atoms with Crippen molar-refractivity contribution in [3.63, 3.8) is 0 Å². The van der Waals surface area contributed by atoms with Gasteiger partial charge < -0.3 is 9.80 Å². The van der Waals surface area contributed by atoms with Crippen molar-refractivity contribution >= 4 is 17.6 Å². The number of urea groups is 1. The van der Waals surface area contributed by atoms with Gasteiger partial charge in [-0.25, -0.2) is 13.6 Å². The first-order chi connectivity index (χ1) is 15.0. The van der Waals surface area contributed by atoms with Gasteiger partial charge in [0, 0.05) is 31.4 Å². The molecule has 5 rings (SSSR count). The average molecular weight is 427 g/mol. The molecule has 7 nitrogen and oxygen atoms in total. The Bertz CT molecular complexity index is 1020. The molecule has 0 saturated carbocycles. The van der Waals surface area contributed by atoms with Gasteiger partial charge in [-0.1, -0.05) is 18.2 Å². The molecule has 0 radical (unpaired) electrons. The maximum atomic E-state index is 14.2. The molecule has 3 amide bonds. The first-order valence-electron chi connectivity index (χ1n) is 10.3. The highest BCUT2D eigenvalue weighted by Crippen LogP contribution is 2.33. The lowest BCUT2D eigenvalue weighted by molar-refractivity contribution is -0.139. The summed E-state index contributed by atoms with van der Waals surface area (Å²) in [5.41, 5.74) is 1.14. The summed E-state index contributed by atoms with van der Waals surface area (Å²) < 4.78 is 27.6. The summed E-state index contributed by atoms with van der Waals surface area (Å²) in [4.78, 5) is 33.2. The second-order valence-corrected chi connectivity index (χ2v) is 8.10. The summed E-state index contributed by atoms with van der Waals surface area (Å²) in [6.45, 7) is 1.31. The van der Waals surface area contributed by atoms with Gasteiger partial charge in [0.05, 0.1) is 6.54 Å². The number of carbonyl (C=O) groups is 2. The number of nitrogens with one attached hydrogen (secondary N) is 1. The Hall–Kier alpha value is -3.04. The molecule has 3 aliphatic rings. The summed E-state index contributed by atoms with van der Waals surface area (Å²) in [6.07, 6.45) is 0.0153. The summed E-state index contributed by atoms with van der Waals surface area (Å²) in [5.74, 6) is -1.10. The van der Waals surface area contributed by atoms with Gasteiger partial charge in [-0.05, 0) is 36.8 Å². The van der Waals surface area contributed by atoms with E-state index in [9.17, 15) is 18.4 Å². The van der Waals surface area contributed by atoms with Crippen LogP contribution in [-0.2, 0) is 11.3 Å². The van der Waals surface area contributed by atoms with E-state index in [-0.39, 0.29) is 24.6 Å². The number of hydrogen-bond donors (Lipinski definition) is 1. The maximum Gasteiger partial charge on any atom is 0.328 e. The van der Waals surface area contributed by atoms with Crippen LogP contribution in [0.1, 0.15) is 12.0 Å². The lowest BCUT2D eigenvalue weighted by atomic mass is 10.1. The number of hydrogen-bond acceptors (Lipinski definition) is 5. The minimum absolute atomic E-state index is 0.113. The molecule has 2 aromatic rings. The largest absolute Gasteiger partial charge is 0.343 e. The SMILES string of the molecule is CN1C(=O)N(Cc2ccccc2F)C(=O)C2C1NC1N(c3ccc(F)cc3)CCCN21.